The molecule has 1 N–H and O–H groups in total. The lowest BCUT2D eigenvalue weighted by atomic mass is 9.89. The van der Waals surface area contributed by atoms with Crippen LogP contribution in [0.2, 0.25) is 5.02 Å². The van der Waals surface area contributed by atoms with Crippen LogP contribution in [0.3, 0.4) is 0 Å². The van der Waals surface area contributed by atoms with Crippen molar-refractivity contribution in [2.24, 2.45) is 0 Å². The van der Waals surface area contributed by atoms with E-state index in [1.165, 1.54) is 18.2 Å². The number of benzene rings is 4. The average molecular weight is 649 g/mol. The Labute approximate surface area is 278 Å². The highest BCUT2D eigenvalue weighted by Gasteiger charge is 2.27. The van der Waals surface area contributed by atoms with Gasteiger partial charge in [0.05, 0.1) is 25.1 Å². The van der Waals surface area contributed by atoms with Gasteiger partial charge in [0.25, 0.3) is 0 Å². The van der Waals surface area contributed by atoms with Crippen LogP contribution < -0.4 is 14.4 Å². The number of halogens is 1. The second kappa shape index (κ2) is 14.9. The highest BCUT2D eigenvalue weighted by Crippen LogP contribution is 2.31. The van der Waals surface area contributed by atoms with E-state index in [0.29, 0.717) is 35.3 Å². The maximum atomic E-state index is 13.9. The molecule has 0 radical (unpaired) electrons. The van der Waals surface area contributed by atoms with Gasteiger partial charge in [-0.3, -0.25) is 19.4 Å². The number of aliphatic hydroxyl groups excluding tert-OH is 1. The van der Waals surface area contributed by atoms with E-state index in [2.05, 4.69) is 4.98 Å². The van der Waals surface area contributed by atoms with E-state index in [9.17, 15) is 19.5 Å². The molecule has 4 aromatic carbocycles. The van der Waals surface area contributed by atoms with E-state index in [1.54, 1.807) is 79.0 Å². The Kier molecular flexibility index (Phi) is 10.5. The lowest BCUT2D eigenvalue weighted by Crippen LogP contribution is -2.18. The fraction of sp³-hybridized carbons (Fsp3) is 0.158. The Morgan fingerprint density at radius 3 is 2.04 bits per heavy atom. The normalized spacial score (nSPS) is 11.4. The summed E-state index contributed by atoms with van der Waals surface area (Å²) in [5, 5.41) is 11.7. The average Bonchev–Trinajstić information content (AvgIpc) is 3.11. The number of carbonyl (C=O) groups is 3. The summed E-state index contributed by atoms with van der Waals surface area (Å²) < 4.78 is 11.3. The van der Waals surface area contributed by atoms with Gasteiger partial charge in [-0.15, -0.1) is 0 Å². The van der Waals surface area contributed by atoms with Crippen molar-refractivity contribution in [3.8, 4) is 11.5 Å². The summed E-state index contributed by atoms with van der Waals surface area (Å²) >= 11 is 6.02. The summed E-state index contributed by atoms with van der Waals surface area (Å²) in [6, 6.07) is 28.1. The van der Waals surface area contributed by atoms with Crippen molar-refractivity contribution in [2.45, 2.75) is 20.0 Å². The number of hydrogen-bond acceptors (Lipinski definition) is 8. The number of aliphatic hydroxyl groups is 1. The van der Waals surface area contributed by atoms with E-state index < -0.39 is 23.5 Å². The molecule has 238 valence electrons. The van der Waals surface area contributed by atoms with Crippen molar-refractivity contribution in [3.63, 3.8) is 0 Å². The zero-order chi connectivity index (χ0) is 33.5. The molecular weight excluding hydrogens is 616 g/mol. The Hall–Kier alpha value is -5.31. The predicted molar refractivity (Wildman–Crippen MR) is 182 cm³/mol. The highest BCUT2D eigenvalue weighted by molar-refractivity contribution is 6.30. The van der Waals surface area contributed by atoms with Gasteiger partial charge in [0.1, 0.15) is 11.8 Å². The summed E-state index contributed by atoms with van der Waals surface area (Å²) in [4.78, 5) is 47.6. The third-order valence-electron chi connectivity index (χ3n) is 7.54. The number of pyridine rings is 1. The van der Waals surface area contributed by atoms with E-state index in [-0.39, 0.29) is 27.9 Å². The van der Waals surface area contributed by atoms with Crippen molar-refractivity contribution >= 4 is 40.3 Å². The Morgan fingerprint density at radius 1 is 0.745 bits per heavy atom. The third-order valence-corrected chi connectivity index (χ3v) is 7.79. The van der Waals surface area contributed by atoms with Gasteiger partial charge in [0, 0.05) is 40.0 Å². The number of hydrogen-bond donors (Lipinski definition) is 1. The van der Waals surface area contributed by atoms with Gasteiger partial charge >= 0.3 is 0 Å². The fourth-order valence-electron chi connectivity index (χ4n) is 5.05. The van der Waals surface area contributed by atoms with Gasteiger partial charge in [0.2, 0.25) is 5.78 Å². The maximum Gasteiger partial charge on any atom is 0.211 e. The molecule has 0 aliphatic heterocycles. The lowest BCUT2D eigenvalue weighted by Gasteiger charge is -2.19. The van der Waals surface area contributed by atoms with Gasteiger partial charge in [-0.1, -0.05) is 48.0 Å². The molecule has 1 atom stereocenters. The molecule has 0 fully saturated rings. The van der Waals surface area contributed by atoms with Gasteiger partial charge in [-0.05, 0) is 86.1 Å². The summed E-state index contributed by atoms with van der Waals surface area (Å²) in [7, 11) is 1.87. The van der Waals surface area contributed by atoms with Crippen molar-refractivity contribution in [1.29, 1.82) is 0 Å². The number of ketones is 3. The smallest absolute Gasteiger partial charge is 0.211 e. The third kappa shape index (κ3) is 7.41. The standard InChI is InChI=1S/C38H33ClN2O6/c1-4-46-33-20-12-26(22-34(33)47-5-2)35(42)30-18-11-25(21-31(30)38(45)37(44)24-9-7-6-8-10-24)36(43)32-19-17-29(23-40-32)41(3)28-15-13-27(39)14-16-28/h6-23,37,44H,4-5H2,1-3H3. The summed E-state index contributed by atoms with van der Waals surface area (Å²) in [6.07, 6.45) is 0.0144. The molecule has 1 heterocycles. The minimum Gasteiger partial charge on any atom is -0.490 e. The highest BCUT2D eigenvalue weighted by atomic mass is 35.5. The molecule has 0 saturated carbocycles. The van der Waals surface area contributed by atoms with Crippen molar-refractivity contribution in [2.75, 3.05) is 25.2 Å². The fourth-order valence-corrected chi connectivity index (χ4v) is 5.18. The molecule has 1 unspecified atom stereocenters. The monoisotopic (exact) mass is 648 g/mol. The van der Waals surface area contributed by atoms with E-state index in [1.807, 2.05) is 37.9 Å². The van der Waals surface area contributed by atoms with E-state index >= 15 is 0 Å². The molecular formula is C38H33ClN2O6. The lowest BCUT2D eigenvalue weighted by molar-refractivity contribution is 0.0744. The van der Waals surface area contributed by atoms with E-state index in [0.717, 1.165) is 11.4 Å². The summed E-state index contributed by atoms with van der Waals surface area (Å²) in [6.45, 7) is 4.43. The molecule has 8 nitrogen and oxygen atoms in total. The zero-order valence-corrected chi connectivity index (χ0v) is 26.9. The minimum atomic E-state index is -1.56. The molecule has 9 heteroatoms. The summed E-state index contributed by atoms with van der Waals surface area (Å²) in [5.41, 5.74) is 2.45. The number of carbonyl (C=O) groups excluding carboxylic acids is 3. The molecule has 0 spiro atoms. The van der Waals surface area contributed by atoms with Crippen molar-refractivity contribution in [3.05, 3.63) is 148 Å². The van der Waals surface area contributed by atoms with Crippen LogP contribution in [0.4, 0.5) is 11.4 Å². The number of rotatable bonds is 13. The number of anilines is 2. The van der Waals surface area contributed by atoms with Gasteiger partial charge in [-0.2, -0.15) is 0 Å². The summed E-state index contributed by atoms with van der Waals surface area (Å²) in [5.74, 6) is -0.781. The van der Waals surface area contributed by atoms with Crippen LogP contribution in [0.5, 0.6) is 11.5 Å². The van der Waals surface area contributed by atoms with E-state index in [4.69, 9.17) is 21.1 Å². The van der Waals surface area contributed by atoms with Crippen LogP contribution in [-0.4, -0.2) is 47.7 Å². The second-order valence-electron chi connectivity index (χ2n) is 10.6. The predicted octanol–water partition coefficient (Wildman–Crippen LogP) is 7.68. The number of Topliss-reactive ketones (excluding diaryl/α,β-unsaturated/α-hetero) is 1. The molecule has 0 bridgehead atoms. The zero-order valence-electron chi connectivity index (χ0n) is 26.1. The molecule has 0 amide bonds. The van der Waals surface area contributed by atoms with Gasteiger partial charge < -0.3 is 19.5 Å². The maximum absolute atomic E-state index is 13.9. The van der Waals surface area contributed by atoms with Crippen LogP contribution in [0.15, 0.2) is 109 Å². The molecule has 47 heavy (non-hydrogen) atoms. The molecule has 0 saturated heterocycles. The first kappa shape index (κ1) is 33.1. The molecule has 5 rings (SSSR count). The Morgan fingerprint density at radius 2 is 1.38 bits per heavy atom. The van der Waals surface area contributed by atoms with Gasteiger partial charge in [-0.25, -0.2) is 0 Å². The first-order valence-corrected chi connectivity index (χ1v) is 15.4. The number of aromatic nitrogens is 1. The number of nitrogens with zero attached hydrogens (tertiary/aromatic N) is 2. The van der Waals surface area contributed by atoms with Crippen molar-refractivity contribution in [1.82, 2.24) is 4.98 Å². The first-order chi connectivity index (χ1) is 22.7. The minimum absolute atomic E-state index is 0.0287. The Balaban J connectivity index is 1.51. The second-order valence-corrected chi connectivity index (χ2v) is 11.0. The van der Waals surface area contributed by atoms with Crippen LogP contribution in [0, 0.1) is 0 Å². The number of ether oxygens (including phenoxy) is 2. The first-order valence-electron chi connectivity index (χ1n) is 15.1. The molecule has 0 aliphatic carbocycles. The molecule has 1 aromatic heterocycles. The van der Waals surface area contributed by atoms with Crippen molar-refractivity contribution < 1.29 is 29.0 Å². The topological polar surface area (TPSA) is 106 Å². The van der Waals surface area contributed by atoms with Crippen LogP contribution in [0.25, 0.3) is 0 Å². The Bertz CT molecular complexity index is 1890. The quantitative estimate of drug-likeness (QED) is 0.130. The van der Waals surface area contributed by atoms with Crippen LogP contribution >= 0.6 is 11.6 Å². The SMILES string of the molecule is CCOc1ccc(C(=O)c2ccc(C(=O)c3ccc(N(C)c4ccc(Cl)cc4)cn3)cc2C(=O)C(O)c2ccccc2)cc1OCC. The molecule has 5 aromatic rings. The molecule has 0 aliphatic rings. The van der Waals surface area contributed by atoms with Crippen LogP contribution in [-0.2, 0) is 0 Å². The van der Waals surface area contributed by atoms with Crippen LogP contribution in [0.1, 0.15) is 67.8 Å². The van der Waals surface area contributed by atoms with Gasteiger partial charge in [0.15, 0.2) is 23.1 Å². The largest absolute Gasteiger partial charge is 0.490 e.